The van der Waals surface area contributed by atoms with Crippen LogP contribution in [0.4, 0.5) is 5.69 Å². The molecule has 2 heterocycles. The van der Waals surface area contributed by atoms with Gasteiger partial charge in [0.2, 0.25) is 4.32 Å². The Balaban J connectivity index is 2.00. The summed E-state index contributed by atoms with van der Waals surface area (Å²) in [6.07, 6.45) is 1.53. The van der Waals surface area contributed by atoms with Crippen LogP contribution in [0.3, 0.4) is 0 Å². The Hall–Kier alpha value is -2.42. The van der Waals surface area contributed by atoms with Gasteiger partial charge < -0.3 is 14.5 Å². The van der Waals surface area contributed by atoms with Crippen LogP contribution in [0.25, 0.3) is 10.9 Å². The summed E-state index contributed by atoms with van der Waals surface area (Å²) in [6, 6.07) is 4.33. The molecule has 9 heteroatoms. The molecule has 3 rings (SSSR count). The Morgan fingerprint density at radius 2 is 1.88 bits per heavy atom. The van der Waals surface area contributed by atoms with Crippen molar-refractivity contribution < 1.29 is 24.0 Å². The Bertz CT molecular complexity index is 852. The van der Waals surface area contributed by atoms with Gasteiger partial charge in [-0.2, -0.15) is 0 Å². The van der Waals surface area contributed by atoms with Gasteiger partial charge in [-0.1, -0.05) is 15.9 Å². The van der Waals surface area contributed by atoms with Crippen molar-refractivity contribution in [2.24, 2.45) is 0 Å². The number of cyclic esters (lactones) is 2. The molecule has 0 unspecified atom stereocenters. The van der Waals surface area contributed by atoms with E-state index in [9.17, 15) is 19.7 Å². The number of alkyl halides is 1. The molecule has 0 spiro atoms. The summed E-state index contributed by atoms with van der Waals surface area (Å²) < 4.78 is 8.58. The number of carbonyl (C=O) groups excluding carboxylic acids is 2. The van der Waals surface area contributed by atoms with Crippen molar-refractivity contribution >= 4 is 44.5 Å². The molecule has 0 aliphatic carbocycles. The first-order chi connectivity index (χ1) is 11.1. The molecule has 8 nitrogen and oxygen atoms in total. The molecule has 1 N–H and O–H groups in total. The van der Waals surface area contributed by atoms with Gasteiger partial charge in [-0.25, -0.2) is 9.59 Å². The van der Waals surface area contributed by atoms with Crippen molar-refractivity contribution in [3.05, 3.63) is 40.1 Å². The lowest BCUT2D eigenvalue weighted by molar-refractivity contribution is -0.384. The molecule has 1 aliphatic rings. The minimum Gasteiger partial charge on any atom is -0.422 e. The highest BCUT2D eigenvalue weighted by atomic mass is 79.9. The van der Waals surface area contributed by atoms with Crippen LogP contribution in [-0.2, 0) is 25.5 Å². The molecule has 0 atom stereocenters. The van der Waals surface area contributed by atoms with Gasteiger partial charge in [0, 0.05) is 49.5 Å². The first-order valence-electron chi connectivity index (χ1n) is 7.02. The Morgan fingerprint density at radius 3 is 2.46 bits per heavy atom. The predicted octanol–water partition coefficient (Wildman–Crippen LogP) is 2.59. The van der Waals surface area contributed by atoms with Gasteiger partial charge >= 0.3 is 11.9 Å². The van der Waals surface area contributed by atoms with Crippen molar-refractivity contribution in [1.82, 2.24) is 4.98 Å². The molecule has 2 aromatic rings. The van der Waals surface area contributed by atoms with Gasteiger partial charge in [0.25, 0.3) is 11.5 Å². The molecule has 0 saturated carbocycles. The van der Waals surface area contributed by atoms with E-state index in [1.165, 1.54) is 26.0 Å². The van der Waals surface area contributed by atoms with Crippen molar-refractivity contribution in [3.63, 3.8) is 0 Å². The second kappa shape index (κ2) is 5.30. The van der Waals surface area contributed by atoms with E-state index in [4.69, 9.17) is 9.47 Å². The molecule has 1 fully saturated rings. The van der Waals surface area contributed by atoms with Crippen molar-refractivity contribution in [3.8, 4) is 0 Å². The smallest absolute Gasteiger partial charge is 0.338 e. The van der Waals surface area contributed by atoms with Gasteiger partial charge in [-0.15, -0.1) is 0 Å². The number of esters is 2. The predicted molar refractivity (Wildman–Crippen MR) is 86.6 cm³/mol. The van der Waals surface area contributed by atoms with E-state index in [0.717, 1.165) is 0 Å². The maximum Gasteiger partial charge on any atom is 0.338 e. The highest BCUT2D eigenvalue weighted by Gasteiger charge is 2.55. The monoisotopic (exact) mass is 396 g/mol. The fourth-order valence-electron chi connectivity index (χ4n) is 2.55. The number of aromatic nitrogens is 1. The second-order valence-corrected chi connectivity index (χ2v) is 7.31. The zero-order valence-electron chi connectivity index (χ0n) is 12.8. The number of fused-ring (bicyclic) bond motifs is 1. The van der Waals surface area contributed by atoms with E-state index in [-0.39, 0.29) is 12.1 Å². The normalized spacial score (nSPS) is 19.0. The van der Waals surface area contributed by atoms with E-state index in [1.54, 1.807) is 12.3 Å². The number of halogens is 1. The lowest BCUT2D eigenvalue weighted by Gasteiger charge is -2.37. The zero-order valence-corrected chi connectivity index (χ0v) is 14.4. The molecule has 1 saturated heterocycles. The topological polar surface area (TPSA) is 112 Å². The van der Waals surface area contributed by atoms with E-state index in [0.29, 0.717) is 16.5 Å². The maximum atomic E-state index is 12.3. The fraction of sp³-hybridized carbons (Fsp3) is 0.333. The molecule has 1 aliphatic heterocycles. The lowest BCUT2D eigenvalue weighted by Crippen LogP contribution is -2.56. The molecule has 0 bridgehead atoms. The number of aromatic amines is 1. The van der Waals surface area contributed by atoms with Crippen molar-refractivity contribution in [1.29, 1.82) is 0 Å². The third-order valence-corrected chi connectivity index (χ3v) is 4.65. The number of non-ortho nitro benzene ring substituents is 1. The Kier molecular flexibility index (Phi) is 3.63. The average Bonchev–Trinajstić information content (AvgIpc) is 2.86. The third kappa shape index (κ3) is 2.64. The second-order valence-electron chi connectivity index (χ2n) is 5.96. The number of rotatable bonds is 3. The summed E-state index contributed by atoms with van der Waals surface area (Å²) in [4.78, 5) is 38.0. The van der Waals surface area contributed by atoms with Crippen LogP contribution in [-0.4, -0.2) is 32.0 Å². The Labute approximate surface area is 144 Å². The molecule has 1 aromatic heterocycles. The van der Waals surface area contributed by atoms with E-state index in [1.807, 2.05) is 0 Å². The van der Waals surface area contributed by atoms with Crippen LogP contribution < -0.4 is 0 Å². The van der Waals surface area contributed by atoms with Crippen LogP contribution in [0.2, 0.25) is 0 Å². The largest absolute Gasteiger partial charge is 0.422 e. The first-order valence-corrected chi connectivity index (χ1v) is 7.82. The lowest BCUT2D eigenvalue weighted by atomic mass is 9.97. The van der Waals surface area contributed by atoms with Gasteiger partial charge in [-0.05, 0) is 11.6 Å². The number of nitro groups is 1. The van der Waals surface area contributed by atoms with Gasteiger partial charge in [-0.3, -0.25) is 10.1 Å². The van der Waals surface area contributed by atoms with E-state index < -0.39 is 27.0 Å². The number of carbonyl (C=O) groups is 2. The van der Waals surface area contributed by atoms with Crippen LogP contribution in [0.5, 0.6) is 0 Å². The quantitative estimate of drug-likeness (QED) is 0.280. The Morgan fingerprint density at radius 1 is 1.25 bits per heavy atom. The third-order valence-electron chi connectivity index (χ3n) is 3.72. The number of benzene rings is 1. The van der Waals surface area contributed by atoms with Gasteiger partial charge in [0.05, 0.1) is 4.92 Å². The fourth-order valence-corrected chi connectivity index (χ4v) is 3.01. The zero-order chi connectivity index (χ0) is 17.7. The van der Waals surface area contributed by atoms with Crippen LogP contribution in [0.15, 0.2) is 24.4 Å². The summed E-state index contributed by atoms with van der Waals surface area (Å²) in [5.41, 5.74) is 1.13. The average molecular weight is 397 g/mol. The van der Waals surface area contributed by atoms with E-state index in [2.05, 4.69) is 20.9 Å². The number of hydrogen-bond acceptors (Lipinski definition) is 6. The number of nitro benzene ring substituents is 1. The summed E-state index contributed by atoms with van der Waals surface area (Å²) in [5, 5.41) is 11.5. The standard InChI is InChI=1S/C15H13BrN2O6/c1-14(2)23-12(19)15(16,13(20)24-14)6-8-7-17-11-4-3-9(18(21)22)5-10(8)11/h3-5,7,17H,6H2,1-2H3. The minimum atomic E-state index is -1.69. The highest BCUT2D eigenvalue weighted by Crippen LogP contribution is 2.37. The van der Waals surface area contributed by atoms with Crippen molar-refractivity contribution in [2.75, 3.05) is 0 Å². The number of H-pyrrole nitrogens is 1. The van der Waals surface area contributed by atoms with Crippen LogP contribution in [0.1, 0.15) is 19.4 Å². The van der Waals surface area contributed by atoms with Crippen LogP contribution in [0, 0.1) is 10.1 Å². The highest BCUT2D eigenvalue weighted by molar-refractivity contribution is 9.10. The molecular weight excluding hydrogens is 384 g/mol. The molecule has 1 aromatic carbocycles. The number of ether oxygens (including phenoxy) is 2. The summed E-state index contributed by atoms with van der Waals surface area (Å²) >= 11 is 3.14. The molecule has 0 radical (unpaired) electrons. The summed E-state index contributed by atoms with van der Waals surface area (Å²) in [7, 11) is 0. The van der Waals surface area contributed by atoms with Crippen molar-refractivity contribution in [2.45, 2.75) is 30.4 Å². The molecule has 24 heavy (non-hydrogen) atoms. The minimum absolute atomic E-state index is 0.0675. The molecule has 126 valence electrons. The van der Waals surface area contributed by atoms with Gasteiger partial charge in [0.1, 0.15) is 0 Å². The molecule has 0 amide bonds. The summed E-state index contributed by atoms with van der Waals surface area (Å²) in [5.74, 6) is -2.85. The molecular formula is C15H13BrN2O6. The van der Waals surface area contributed by atoms with Gasteiger partial charge in [0.15, 0.2) is 0 Å². The maximum absolute atomic E-state index is 12.3. The van der Waals surface area contributed by atoms with E-state index >= 15 is 0 Å². The van der Waals surface area contributed by atoms with Crippen LogP contribution >= 0.6 is 15.9 Å². The SMILES string of the molecule is CC1(C)OC(=O)C(Br)(Cc2c[nH]c3ccc([N+](=O)[O-])cc23)C(=O)O1. The number of nitrogens with zero attached hydrogens (tertiary/aromatic N) is 1. The summed E-state index contributed by atoms with van der Waals surface area (Å²) in [6.45, 7) is 2.93. The number of hydrogen-bond donors (Lipinski definition) is 1. The first kappa shape index (κ1) is 16.4. The number of nitrogens with one attached hydrogen (secondary N) is 1.